The first-order valence-electron chi connectivity index (χ1n) is 16.6. The first kappa shape index (κ1) is 27.9. The van der Waals surface area contributed by atoms with Crippen LogP contribution in [0.1, 0.15) is 0 Å². The lowest BCUT2D eigenvalue weighted by Gasteiger charge is -2.28. The van der Waals surface area contributed by atoms with Crippen molar-refractivity contribution in [2.75, 3.05) is 4.90 Å². The molecule has 0 aliphatic rings. The summed E-state index contributed by atoms with van der Waals surface area (Å²) in [4.78, 5) is 2.41. The van der Waals surface area contributed by atoms with Gasteiger partial charge in [-0.15, -0.1) is 11.3 Å². The minimum atomic E-state index is 0.887. The third kappa shape index (κ3) is 4.55. The molecule has 0 spiro atoms. The van der Waals surface area contributed by atoms with E-state index in [1.807, 2.05) is 23.5 Å². The molecule has 2 heterocycles. The van der Waals surface area contributed by atoms with Crippen molar-refractivity contribution >= 4 is 81.3 Å². The van der Waals surface area contributed by atoms with Gasteiger partial charge in [-0.1, -0.05) is 127 Å². The number of rotatable bonds is 5. The van der Waals surface area contributed by atoms with Gasteiger partial charge >= 0.3 is 0 Å². The van der Waals surface area contributed by atoms with Crippen LogP contribution < -0.4 is 4.90 Å². The highest BCUT2D eigenvalue weighted by Crippen LogP contribution is 2.46. The van der Waals surface area contributed by atoms with Crippen LogP contribution in [0.3, 0.4) is 0 Å². The quantitative estimate of drug-likeness (QED) is 0.186. The molecule has 0 amide bonds. The lowest BCUT2D eigenvalue weighted by atomic mass is 9.95. The summed E-state index contributed by atoms with van der Waals surface area (Å²) in [6.45, 7) is 0. The van der Waals surface area contributed by atoms with Crippen molar-refractivity contribution < 1.29 is 4.42 Å². The van der Waals surface area contributed by atoms with Gasteiger partial charge in [-0.2, -0.15) is 0 Å². The van der Waals surface area contributed by atoms with Gasteiger partial charge < -0.3 is 9.32 Å². The molecule has 0 radical (unpaired) electrons. The van der Waals surface area contributed by atoms with Crippen LogP contribution in [0.5, 0.6) is 0 Å². The molecule has 0 saturated heterocycles. The highest BCUT2D eigenvalue weighted by atomic mass is 32.1. The molecule has 0 aliphatic carbocycles. The number of hydrogen-bond donors (Lipinski definition) is 0. The molecule has 10 rings (SSSR count). The number of furan rings is 1. The lowest BCUT2D eigenvalue weighted by Crippen LogP contribution is -2.11. The van der Waals surface area contributed by atoms with Crippen molar-refractivity contribution in [2.24, 2.45) is 0 Å². The van der Waals surface area contributed by atoms with Crippen LogP contribution in [-0.4, -0.2) is 0 Å². The van der Waals surface area contributed by atoms with Gasteiger partial charge in [0, 0.05) is 47.9 Å². The van der Waals surface area contributed by atoms with Crippen molar-refractivity contribution in [1.29, 1.82) is 0 Å². The number of benzene rings is 8. The first-order valence-corrected chi connectivity index (χ1v) is 17.4. The fraction of sp³-hybridized carbons (Fsp3) is 0. The minimum absolute atomic E-state index is 0.887. The zero-order valence-electron chi connectivity index (χ0n) is 26.5. The molecular formula is C46H29NOS. The van der Waals surface area contributed by atoms with E-state index < -0.39 is 0 Å². The largest absolute Gasteiger partial charge is 0.456 e. The number of para-hydroxylation sites is 2. The highest BCUT2D eigenvalue weighted by Gasteiger charge is 2.21. The minimum Gasteiger partial charge on any atom is -0.456 e. The van der Waals surface area contributed by atoms with E-state index in [-0.39, 0.29) is 0 Å². The van der Waals surface area contributed by atoms with Crippen LogP contribution in [0.15, 0.2) is 180 Å². The van der Waals surface area contributed by atoms with Crippen LogP contribution >= 0.6 is 11.3 Å². The standard InChI is InChI=1S/C46H29NOS/c1-2-16-34-30(12-1)13-10-21-36(34)37-17-3-6-23-42(37)47(33-26-27-44-41(29-33)38-18-4-7-24-43(38)48-44)32-15-9-14-31(28-32)35-20-11-22-40-39-19-5-8-25-45(39)49-46(35)40/h1-29H. The molecule has 0 fully saturated rings. The summed E-state index contributed by atoms with van der Waals surface area (Å²) >= 11 is 1.87. The van der Waals surface area contributed by atoms with E-state index in [0.29, 0.717) is 0 Å². The van der Waals surface area contributed by atoms with Crippen molar-refractivity contribution in [3.63, 3.8) is 0 Å². The predicted octanol–water partition coefficient (Wildman–Crippen LogP) is 13.9. The van der Waals surface area contributed by atoms with Crippen molar-refractivity contribution in [3.8, 4) is 22.3 Å². The summed E-state index contributed by atoms with van der Waals surface area (Å²) in [6, 6.07) is 63.3. The van der Waals surface area contributed by atoms with Gasteiger partial charge in [-0.25, -0.2) is 0 Å². The molecule has 0 saturated carbocycles. The maximum absolute atomic E-state index is 6.27. The fourth-order valence-corrected chi connectivity index (χ4v) is 8.66. The maximum atomic E-state index is 6.27. The monoisotopic (exact) mass is 643 g/mol. The van der Waals surface area contributed by atoms with Crippen molar-refractivity contribution in [2.45, 2.75) is 0 Å². The van der Waals surface area contributed by atoms with E-state index in [2.05, 4.69) is 169 Å². The van der Waals surface area contributed by atoms with Crippen LogP contribution in [0.2, 0.25) is 0 Å². The first-order chi connectivity index (χ1) is 24.3. The molecule has 49 heavy (non-hydrogen) atoms. The van der Waals surface area contributed by atoms with Crippen LogP contribution in [0, 0.1) is 0 Å². The van der Waals surface area contributed by atoms with Gasteiger partial charge in [0.1, 0.15) is 11.2 Å². The molecule has 0 unspecified atom stereocenters. The van der Waals surface area contributed by atoms with Crippen molar-refractivity contribution in [3.05, 3.63) is 176 Å². The Morgan fingerprint density at radius 3 is 2.02 bits per heavy atom. The molecule has 2 aromatic heterocycles. The summed E-state index contributed by atoms with van der Waals surface area (Å²) in [5, 5.41) is 7.30. The molecular weight excluding hydrogens is 615 g/mol. The summed E-state index contributed by atoms with van der Waals surface area (Å²) in [5.74, 6) is 0. The average Bonchev–Trinajstić information content (AvgIpc) is 3.73. The predicted molar refractivity (Wildman–Crippen MR) is 210 cm³/mol. The number of fused-ring (bicyclic) bond motifs is 7. The molecule has 0 aliphatic heterocycles. The number of anilines is 3. The molecule has 2 nitrogen and oxygen atoms in total. The third-order valence-corrected chi connectivity index (χ3v) is 10.9. The van der Waals surface area contributed by atoms with E-state index in [0.717, 1.165) is 39.0 Å². The highest BCUT2D eigenvalue weighted by molar-refractivity contribution is 7.26. The third-order valence-electron chi connectivity index (χ3n) is 9.66. The fourth-order valence-electron chi connectivity index (χ4n) is 7.42. The second kappa shape index (κ2) is 11.2. The second-order valence-electron chi connectivity index (χ2n) is 12.5. The zero-order chi connectivity index (χ0) is 32.3. The molecule has 3 heteroatoms. The molecule has 0 atom stereocenters. The molecule has 0 bridgehead atoms. The van der Waals surface area contributed by atoms with Gasteiger partial charge in [0.15, 0.2) is 0 Å². The van der Waals surface area contributed by atoms with Crippen LogP contribution in [0.4, 0.5) is 17.1 Å². The summed E-state index contributed by atoms with van der Waals surface area (Å²) in [5.41, 5.74) is 9.89. The van der Waals surface area contributed by atoms with Gasteiger partial charge in [0.05, 0.1) is 5.69 Å². The van der Waals surface area contributed by atoms with E-state index in [1.165, 1.54) is 53.2 Å². The van der Waals surface area contributed by atoms with Gasteiger partial charge in [0.2, 0.25) is 0 Å². The second-order valence-corrected chi connectivity index (χ2v) is 13.5. The topological polar surface area (TPSA) is 16.4 Å². The Balaban J connectivity index is 1.22. The summed E-state index contributed by atoms with van der Waals surface area (Å²) in [7, 11) is 0. The van der Waals surface area contributed by atoms with E-state index >= 15 is 0 Å². The number of nitrogens with zero attached hydrogens (tertiary/aromatic N) is 1. The Morgan fingerprint density at radius 2 is 1.06 bits per heavy atom. The Morgan fingerprint density at radius 1 is 0.408 bits per heavy atom. The number of hydrogen-bond acceptors (Lipinski definition) is 3. The zero-order valence-corrected chi connectivity index (χ0v) is 27.3. The maximum Gasteiger partial charge on any atom is 0.135 e. The molecule has 0 N–H and O–H groups in total. The van der Waals surface area contributed by atoms with Gasteiger partial charge in [-0.3, -0.25) is 0 Å². The molecule has 10 aromatic rings. The number of thiophene rings is 1. The molecule has 230 valence electrons. The van der Waals surface area contributed by atoms with Gasteiger partial charge in [0.25, 0.3) is 0 Å². The Kier molecular flexibility index (Phi) is 6.39. The van der Waals surface area contributed by atoms with Crippen LogP contribution in [0.25, 0.3) is 75.1 Å². The van der Waals surface area contributed by atoms with E-state index in [9.17, 15) is 0 Å². The Bertz CT molecular complexity index is 2850. The summed E-state index contributed by atoms with van der Waals surface area (Å²) < 4.78 is 8.89. The normalized spacial score (nSPS) is 11.7. The summed E-state index contributed by atoms with van der Waals surface area (Å²) in [6.07, 6.45) is 0. The average molecular weight is 644 g/mol. The molecule has 8 aromatic carbocycles. The van der Waals surface area contributed by atoms with Gasteiger partial charge in [-0.05, 0) is 76.0 Å². The lowest BCUT2D eigenvalue weighted by molar-refractivity contribution is 0.669. The smallest absolute Gasteiger partial charge is 0.135 e. The van der Waals surface area contributed by atoms with Crippen molar-refractivity contribution in [1.82, 2.24) is 0 Å². The SMILES string of the molecule is c1cc(-c2cccc3c2sc2ccccc23)cc(N(c2ccc3oc4ccccc4c3c2)c2ccccc2-c2cccc3ccccc23)c1. The van der Waals surface area contributed by atoms with Crippen LogP contribution in [-0.2, 0) is 0 Å². The van der Waals surface area contributed by atoms with E-state index in [4.69, 9.17) is 4.42 Å². The Hall–Kier alpha value is -6.16. The Labute approximate surface area is 287 Å². The van der Waals surface area contributed by atoms with E-state index in [1.54, 1.807) is 0 Å².